The van der Waals surface area contributed by atoms with Crippen molar-refractivity contribution in [2.24, 2.45) is 12.1 Å². The van der Waals surface area contributed by atoms with Gasteiger partial charge in [-0.25, -0.2) is 9.82 Å². The highest BCUT2D eigenvalue weighted by Gasteiger charge is 2.05. The minimum atomic E-state index is -0.515. The molecule has 1 aromatic carbocycles. The standard InChI is InChI=1S/C13H13FN4O2/c1-18-8-10(7-16-18)6-15-17-13(19)9-20-12-5-3-2-4-11(12)14/h2-8H,9H2,1H3,(H,17,19)/b15-6+. The molecule has 0 spiro atoms. The molecule has 0 aliphatic rings. The molecule has 1 N–H and O–H groups in total. The summed E-state index contributed by atoms with van der Waals surface area (Å²) in [5.41, 5.74) is 3.03. The van der Waals surface area contributed by atoms with E-state index in [0.717, 1.165) is 5.56 Å². The largest absolute Gasteiger partial charge is 0.481 e. The van der Waals surface area contributed by atoms with Crippen LogP contribution in [0, 0.1) is 5.82 Å². The Morgan fingerprint density at radius 1 is 1.55 bits per heavy atom. The number of carbonyl (C=O) groups is 1. The van der Waals surface area contributed by atoms with Crippen LogP contribution >= 0.6 is 0 Å². The number of hydrogen-bond donors (Lipinski definition) is 1. The summed E-state index contributed by atoms with van der Waals surface area (Å²) in [6.07, 6.45) is 4.80. The molecule has 0 bridgehead atoms. The van der Waals surface area contributed by atoms with E-state index in [2.05, 4.69) is 15.6 Å². The maximum Gasteiger partial charge on any atom is 0.277 e. The SMILES string of the molecule is Cn1cc(/C=N/NC(=O)COc2ccccc2F)cn1. The average molecular weight is 276 g/mol. The molecule has 0 fully saturated rings. The summed E-state index contributed by atoms with van der Waals surface area (Å²) in [6.45, 7) is -0.314. The Kier molecular flexibility index (Phi) is 4.43. The molecule has 0 unspecified atom stereocenters. The summed E-state index contributed by atoms with van der Waals surface area (Å²) in [5.74, 6) is -0.966. The number of rotatable bonds is 5. The van der Waals surface area contributed by atoms with Gasteiger partial charge in [-0.05, 0) is 12.1 Å². The molecule has 1 amide bonds. The lowest BCUT2D eigenvalue weighted by Crippen LogP contribution is -2.24. The van der Waals surface area contributed by atoms with Gasteiger partial charge in [-0.3, -0.25) is 9.48 Å². The van der Waals surface area contributed by atoms with Crippen LogP contribution in [0.3, 0.4) is 0 Å². The molecule has 0 aliphatic heterocycles. The van der Waals surface area contributed by atoms with E-state index in [-0.39, 0.29) is 12.4 Å². The van der Waals surface area contributed by atoms with Gasteiger partial charge in [-0.1, -0.05) is 12.1 Å². The van der Waals surface area contributed by atoms with E-state index in [4.69, 9.17) is 4.74 Å². The fourth-order valence-electron chi connectivity index (χ4n) is 1.42. The molecule has 6 nitrogen and oxygen atoms in total. The number of benzene rings is 1. The van der Waals surface area contributed by atoms with Crippen molar-refractivity contribution in [3.05, 3.63) is 48.0 Å². The van der Waals surface area contributed by atoms with E-state index in [1.807, 2.05) is 0 Å². The van der Waals surface area contributed by atoms with Crippen molar-refractivity contribution in [3.63, 3.8) is 0 Å². The second-order valence-electron chi connectivity index (χ2n) is 3.96. The lowest BCUT2D eigenvalue weighted by molar-refractivity contribution is -0.123. The van der Waals surface area contributed by atoms with Crippen LogP contribution < -0.4 is 10.2 Å². The molecular formula is C13H13FN4O2. The Morgan fingerprint density at radius 2 is 2.35 bits per heavy atom. The smallest absolute Gasteiger partial charge is 0.277 e. The molecule has 0 aliphatic carbocycles. The van der Waals surface area contributed by atoms with Gasteiger partial charge in [0.2, 0.25) is 0 Å². The van der Waals surface area contributed by atoms with Crippen molar-refractivity contribution >= 4 is 12.1 Å². The van der Waals surface area contributed by atoms with Gasteiger partial charge in [0.1, 0.15) is 0 Å². The first kappa shape index (κ1) is 13.7. The van der Waals surface area contributed by atoms with Crippen LogP contribution in [-0.2, 0) is 11.8 Å². The molecule has 1 aromatic heterocycles. The van der Waals surface area contributed by atoms with Crippen molar-refractivity contribution in [1.82, 2.24) is 15.2 Å². The fraction of sp³-hybridized carbons (Fsp3) is 0.154. The van der Waals surface area contributed by atoms with E-state index in [1.165, 1.54) is 18.3 Å². The highest BCUT2D eigenvalue weighted by molar-refractivity contribution is 5.82. The number of carbonyl (C=O) groups excluding carboxylic acids is 1. The third-order valence-electron chi connectivity index (χ3n) is 2.32. The topological polar surface area (TPSA) is 68.5 Å². The van der Waals surface area contributed by atoms with Crippen molar-refractivity contribution in [1.29, 1.82) is 0 Å². The Morgan fingerprint density at radius 3 is 3.05 bits per heavy atom. The number of nitrogens with zero attached hydrogens (tertiary/aromatic N) is 3. The summed E-state index contributed by atoms with van der Waals surface area (Å²) in [6, 6.07) is 5.87. The quantitative estimate of drug-likeness (QED) is 0.656. The van der Waals surface area contributed by atoms with Gasteiger partial charge < -0.3 is 4.74 Å². The van der Waals surface area contributed by atoms with E-state index in [1.54, 1.807) is 36.3 Å². The lowest BCUT2D eigenvalue weighted by atomic mass is 10.3. The van der Waals surface area contributed by atoms with Crippen molar-refractivity contribution in [2.75, 3.05) is 6.61 Å². The Hall–Kier alpha value is -2.70. The first-order valence-corrected chi connectivity index (χ1v) is 5.83. The van der Waals surface area contributed by atoms with Crippen LogP contribution in [0.5, 0.6) is 5.75 Å². The molecule has 0 radical (unpaired) electrons. The molecule has 104 valence electrons. The summed E-state index contributed by atoms with van der Waals surface area (Å²) < 4.78 is 19.9. The molecule has 0 saturated carbocycles. The zero-order valence-corrected chi connectivity index (χ0v) is 10.8. The second-order valence-corrected chi connectivity index (χ2v) is 3.96. The molecule has 7 heteroatoms. The lowest BCUT2D eigenvalue weighted by Gasteiger charge is -2.05. The van der Waals surface area contributed by atoms with Crippen LogP contribution in [0.25, 0.3) is 0 Å². The summed E-state index contributed by atoms with van der Waals surface area (Å²) in [7, 11) is 1.78. The number of amides is 1. The number of hydrazone groups is 1. The van der Waals surface area contributed by atoms with Crippen LogP contribution in [0.2, 0.25) is 0 Å². The zero-order valence-electron chi connectivity index (χ0n) is 10.8. The van der Waals surface area contributed by atoms with Gasteiger partial charge in [0.25, 0.3) is 5.91 Å². The Bertz CT molecular complexity index is 624. The van der Waals surface area contributed by atoms with E-state index in [9.17, 15) is 9.18 Å². The Labute approximate surface area is 114 Å². The van der Waals surface area contributed by atoms with Gasteiger partial charge in [0, 0.05) is 18.8 Å². The molecule has 2 aromatic rings. The van der Waals surface area contributed by atoms with Crippen LogP contribution in [0.1, 0.15) is 5.56 Å². The summed E-state index contributed by atoms with van der Waals surface area (Å²) in [4.78, 5) is 11.4. The minimum Gasteiger partial charge on any atom is -0.481 e. The van der Waals surface area contributed by atoms with Crippen LogP contribution in [0.15, 0.2) is 41.8 Å². The average Bonchev–Trinajstić information content (AvgIpc) is 2.83. The normalized spacial score (nSPS) is 10.7. The third kappa shape index (κ3) is 3.91. The monoisotopic (exact) mass is 276 g/mol. The van der Waals surface area contributed by atoms with Crippen LogP contribution in [-0.4, -0.2) is 28.5 Å². The van der Waals surface area contributed by atoms with Gasteiger partial charge >= 0.3 is 0 Å². The highest BCUT2D eigenvalue weighted by atomic mass is 19.1. The second kappa shape index (κ2) is 6.46. The number of para-hydroxylation sites is 1. The molecule has 0 saturated heterocycles. The number of hydrogen-bond acceptors (Lipinski definition) is 4. The first-order valence-electron chi connectivity index (χ1n) is 5.83. The summed E-state index contributed by atoms with van der Waals surface area (Å²) >= 11 is 0. The van der Waals surface area contributed by atoms with E-state index < -0.39 is 11.7 Å². The minimum absolute atomic E-state index is 0.0267. The van der Waals surface area contributed by atoms with E-state index >= 15 is 0 Å². The highest BCUT2D eigenvalue weighted by Crippen LogP contribution is 2.14. The first-order chi connectivity index (χ1) is 9.65. The van der Waals surface area contributed by atoms with Gasteiger partial charge in [-0.15, -0.1) is 0 Å². The van der Waals surface area contributed by atoms with Gasteiger partial charge in [-0.2, -0.15) is 10.2 Å². The number of aromatic nitrogens is 2. The predicted octanol–water partition coefficient (Wildman–Crippen LogP) is 1.09. The fourth-order valence-corrected chi connectivity index (χ4v) is 1.42. The molecular weight excluding hydrogens is 263 g/mol. The van der Waals surface area contributed by atoms with E-state index in [0.29, 0.717) is 0 Å². The third-order valence-corrected chi connectivity index (χ3v) is 2.32. The number of halogens is 1. The zero-order chi connectivity index (χ0) is 14.4. The van der Waals surface area contributed by atoms with Gasteiger partial charge in [0.05, 0.1) is 12.4 Å². The maximum absolute atomic E-state index is 13.2. The van der Waals surface area contributed by atoms with Crippen molar-refractivity contribution < 1.29 is 13.9 Å². The van der Waals surface area contributed by atoms with Gasteiger partial charge in [0.15, 0.2) is 18.2 Å². The molecule has 20 heavy (non-hydrogen) atoms. The van der Waals surface area contributed by atoms with Crippen LogP contribution in [0.4, 0.5) is 4.39 Å². The molecule has 2 rings (SSSR count). The predicted molar refractivity (Wildman–Crippen MR) is 70.8 cm³/mol. The number of ether oxygens (including phenoxy) is 1. The van der Waals surface area contributed by atoms with Crippen molar-refractivity contribution in [2.45, 2.75) is 0 Å². The number of aryl methyl sites for hydroxylation is 1. The van der Waals surface area contributed by atoms with Crippen molar-refractivity contribution in [3.8, 4) is 5.75 Å². The number of nitrogens with one attached hydrogen (secondary N) is 1. The molecule has 1 heterocycles. The molecule has 0 atom stereocenters. The maximum atomic E-state index is 13.2. The summed E-state index contributed by atoms with van der Waals surface area (Å²) in [5, 5.41) is 7.68. The Balaban J connectivity index is 1.78.